The minimum absolute atomic E-state index is 0.0863. The van der Waals surface area contributed by atoms with Crippen LogP contribution in [0, 0.1) is 0 Å². The first kappa shape index (κ1) is 24.1. The van der Waals surface area contributed by atoms with E-state index in [-0.39, 0.29) is 22.8 Å². The number of nitrogens with one attached hydrogen (secondary N) is 1. The molecular weight excluding hydrogens is 440 g/mol. The zero-order valence-electron chi connectivity index (χ0n) is 17.5. The van der Waals surface area contributed by atoms with Gasteiger partial charge in [-0.2, -0.15) is 9.78 Å². The molecule has 2 aromatic rings. The van der Waals surface area contributed by atoms with Crippen molar-refractivity contribution in [2.75, 3.05) is 13.2 Å². The Hall–Kier alpha value is -2.53. The fraction of sp³-hybridized carbons (Fsp3) is 0.524. The molecular formula is C21H27ClN4O6. The summed E-state index contributed by atoms with van der Waals surface area (Å²) in [4.78, 5) is 37.5. The highest BCUT2D eigenvalue weighted by Crippen LogP contribution is 2.26. The third-order valence-electron chi connectivity index (χ3n) is 5.62. The van der Waals surface area contributed by atoms with E-state index in [2.05, 4.69) is 10.4 Å². The summed E-state index contributed by atoms with van der Waals surface area (Å²) in [6.45, 7) is -0.934. The highest BCUT2D eigenvalue weighted by Gasteiger charge is 2.29. The van der Waals surface area contributed by atoms with Crippen molar-refractivity contribution in [1.82, 2.24) is 19.7 Å². The van der Waals surface area contributed by atoms with Crippen molar-refractivity contribution in [3.8, 4) is 5.69 Å². The summed E-state index contributed by atoms with van der Waals surface area (Å²) < 4.78 is 1.64. The second-order valence-electron chi connectivity index (χ2n) is 8.11. The van der Waals surface area contributed by atoms with Crippen molar-refractivity contribution < 1.29 is 20.1 Å². The topological polar surface area (TPSA) is 147 Å². The van der Waals surface area contributed by atoms with Gasteiger partial charge in [-0.15, -0.1) is 0 Å². The van der Waals surface area contributed by atoms with Crippen LogP contribution in [0.2, 0.25) is 5.02 Å². The van der Waals surface area contributed by atoms with E-state index in [1.54, 1.807) is 0 Å². The van der Waals surface area contributed by atoms with Crippen molar-refractivity contribution >= 4 is 17.5 Å². The van der Waals surface area contributed by atoms with Crippen LogP contribution in [0.1, 0.15) is 48.9 Å². The summed E-state index contributed by atoms with van der Waals surface area (Å²) in [6, 6.07) is 4.25. The van der Waals surface area contributed by atoms with E-state index in [1.807, 2.05) is 0 Å². The maximum Gasteiger partial charge on any atom is 0.352 e. The molecule has 1 saturated carbocycles. The van der Waals surface area contributed by atoms with Crippen LogP contribution in [-0.4, -0.2) is 60.4 Å². The zero-order chi connectivity index (χ0) is 23.3. The average Bonchev–Trinajstić information content (AvgIpc) is 3.00. The second-order valence-corrected chi connectivity index (χ2v) is 8.52. The molecule has 1 aliphatic rings. The SMILES string of the molecule is O=C(NCC1(O)CCCCCC1)c1cc(-n2ncc(=O)n(C[C@H](O)CO)c2=O)ccc1Cl. The monoisotopic (exact) mass is 466 g/mol. The van der Waals surface area contributed by atoms with Crippen LogP contribution in [0.25, 0.3) is 5.69 Å². The van der Waals surface area contributed by atoms with Crippen molar-refractivity contribution in [3.05, 3.63) is 55.8 Å². The van der Waals surface area contributed by atoms with Crippen LogP contribution in [0.3, 0.4) is 0 Å². The predicted molar refractivity (Wildman–Crippen MR) is 117 cm³/mol. The predicted octanol–water partition coefficient (Wildman–Crippen LogP) is 0.216. The van der Waals surface area contributed by atoms with E-state index in [0.717, 1.165) is 41.1 Å². The van der Waals surface area contributed by atoms with E-state index in [1.165, 1.54) is 18.2 Å². The molecule has 1 fully saturated rings. The molecule has 4 N–H and O–H groups in total. The maximum atomic E-state index is 12.8. The zero-order valence-corrected chi connectivity index (χ0v) is 18.3. The van der Waals surface area contributed by atoms with Crippen molar-refractivity contribution in [2.24, 2.45) is 0 Å². The summed E-state index contributed by atoms with van der Waals surface area (Å²) >= 11 is 6.20. The molecule has 174 valence electrons. The second kappa shape index (κ2) is 10.4. The fourth-order valence-electron chi connectivity index (χ4n) is 3.77. The molecule has 0 aliphatic heterocycles. The van der Waals surface area contributed by atoms with Crippen LogP contribution in [0.5, 0.6) is 0 Å². The first-order chi connectivity index (χ1) is 15.2. The number of carbonyl (C=O) groups is 1. The standard InChI is InChI=1S/C21H27ClN4O6/c22-17-6-5-14(26-20(31)25(11-15(28)12-27)18(29)10-24-26)9-16(17)19(30)23-13-21(32)7-3-1-2-4-8-21/h5-6,9-10,15,27-28,32H,1-4,7-8,11-13H2,(H,23,30)/t15-/m0/s1. The maximum absolute atomic E-state index is 12.8. The molecule has 3 rings (SSSR count). The number of aliphatic hydroxyl groups is 3. The summed E-state index contributed by atoms with van der Waals surface area (Å²) in [6.07, 6.45) is 4.75. The molecule has 1 heterocycles. The highest BCUT2D eigenvalue weighted by atomic mass is 35.5. The lowest BCUT2D eigenvalue weighted by Crippen LogP contribution is -2.43. The van der Waals surface area contributed by atoms with E-state index in [0.29, 0.717) is 12.8 Å². The molecule has 0 saturated heterocycles. The van der Waals surface area contributed by atoms with Gasteiger partial charge in [0.15, 0.2) is 0 Å². The molecule has 32 heavy (non-hydrogen) atoms. The molecule has 0 bridgehead atoms. The summed E-state index contributed by atoms with van der Waals surface area (Å²) in [5.41, 5.74) is -2.26. The van der Waals surface area contributed by atoms with Crippen LogP contribution in [0.15, 0.2) is 34.0 Å². The van der Waals surface area contributed by atoms with Crippen LogP contribution in [-0.2, 0) is 6.54 Å². The lowest BCUT2D eigenvalue weighted by Gasteiger charge is -2.26. The van der Waals surface area contributed by atoms with Crippen molar-refractivity contribution in [2.45, 2.75) is 56.8 Å². The number of aromatic nitrogens is 3. The smallest absolute Gasteiger partial charge is 0.352 e. The Balaban J connectivity index is 1.86. The van der Waals surface area contributed by atoms with Gasteiger partial charge in [0.1, 0.15) is 6.20 Å². The molecule has 0 radical (unpaired) electrons. The lowest BCUT2D eigenvalue weighted by molar-refractivity contribution is 0.0246. The van der Waals surface area contributed by atoms with Gasteiger partial charge in [0, 0.05) is 6.54 Å². The van der Waals surface area contributed by atoms with Gasteiger partial charge in [0.2, 0.25) is 0 Å². The molecule has 1 amide bonds. The minimum atomic E-state index is -1.29. The lowest BCUT2D eigenvalue weighted by atomic mass is 9.94. The van der Waals surface area contributed by atoms with Crippen molar-refractivity contribution in [1.29, 1.82) is 0 Å². The van der Waals surface area contributed by atoms with Gasteiger partial charge in [-0.05, 0) is 31.0 Å². The van der Waals surface area contributed by atoms with Gasteiger partial charge in [-0.3, -0.25) is 14.2 Å². The largest absolute Gasteiger partial charge is 0.394 e. The Kier molecular flexibility index (Phi) is 7.83. The first-order valence-corrected chi connectivity index (χ1v) is 10.9. The molecule has 1 aliphatic carbocycles. The molecule has 1 atom stereocenters. The van der Waals surface area contributed by atoms with E-state index in [4.69, 9.17) is 16.7 Å². The number of nitrogens with zero attached hydrogens (tertiary/aromatic N) is 3. The van der Waals surface area contributed by atoms with Gasteiger partial charge in [0.05, 0.1) is 41.1 Å². The van der Waals surface area contributed by atoms with Crippen LogP contribution in [0.4, 0.5) is 0 Å². The molecule has 1 aromatic heterocycles. The average molecular weight is 467 g/mol. The number of hydrogen-bond acceptors (Lipinski definition) is 7. The molecule has 0 spiro atoms. The first-order valence-electron chi connectivity index (χ1n) is 10.5. The van der Waals surface area contributed by atoms with Gasteiger partial charge >= 0.3 is 5.69 Å². The normalized spacial score (nSPS) is 16.9. The number of halogens is 1. The quantitative estimate of drug-likeness (QED) is 0.426. The number of hydrogen-bond donors (Lipinski definition) is 4. The third kappa shape index (κ3) is 5.63. The number of amides is 1. The number of rotatable bonds is 7. The van der Waals surface area contributed by atoms with Crippen molar-refractivity contribution in [3.63, 3.8) is 0 Å². The molecule has 11 heteroatoms. The number of carbonyl (C=O) groups excluding carboxylic acids is 1. The Morgan fingerprint density at radius 2 is 1.91 bits per heavy atom. The summed E-state index contributed by atoms with van der Waals surface area (Å²) in [5.74, 6) is -0.508. The highest BCUT2D eigenvalue weighted by molar-refractivity contribution is 6.33. The Bertz CT molecular complexity index is 1070. The van der Waals surface area contributed by atoms with Gasteiger partial charge in [0.25, 0.3) is 11.5 Å². The van der Waals surface area contributed by atoms with E-state index < -0.39 is 42.0 Å². The fourth-order valence-corrected chi connectivity index (χ4v) is 3.97. The summed E-state index contributed by atoms with van der Waals surface area (Å²) in [7, 11) is 0. The van der Waals surface area contributed by atoms with Gasteiger partial charge < -0.3 is 20.6 Å². The Labute approximate surface area is 189 Å². The number of aliphatic hydroxyl groups excluding tert-OH is 2. The molecule has 0 unspecified atom stereocenters. The van der Waals surface area contributed by atoms with E-state index >= 15 is 0 Å². The Morgan fingerprint density at radius 1 is 1.22 bits per heavy atom. The van der Waals surface area contributed by atoms with E-state index in [9.17, 15) is 24.6 Å². The summed E-state index contributed by atoms with van der Waals surface area (Å²) in [5, 5.41) is 36.1. The third-order valence-corrected chi connectivity index (χ3v) is 5.95. The number of benzene rings is 1. The Morgan fingerprint density at radius 3 is 2.56 bits per heavy atom. The van der Waals surface area contributed by atoms with Gasteiger partial charge in [-0.25, -0.2) is 4.79 Å². The minimum Gasteiger partial charge on any atom is -0.394 e. The van der Waals surface area contributed by atoms with Crippen LogP contribution >= 0.6 is 11.6 Å². The molecule has 10 nitrogen and oxygen atoms in total. The van der Waals surface area contributed by atoms with Gasteiger partial charge in [-0.1, -0.05) is 37.3 Å². The molecule has 1 aromatic carbocycles. The van der Waals surface area contributed by atoms with Crippen LogP contribution < -0.4 is 16.6 Å².